The predicted molar refractivity (Wildman–Crippen MR) is 134 cm³/mol. The summed E-state index contributed by atoms with van der Waals surface area (Å²) in [6.07, 6.45) is 3.16. The molecule has 1 aliphatic carbocycles. The molecule has 5 heteroatoms. The first-order chi connectivity index (χ1) is 16.5. The second-order valence-electron chi connectivity index (χ2n) is 8.80. The van der Waals surface area contributed by atoms with Gasteiger partial charge in [0, 0.05) is 24.8 Å². The Balaban J connectivity index is 1.68. The van der Waals surface area contributed by atoms with Crippen LogP contribution in [0.15, 0.2) is 54.6 Å². The van der Waals surface area contributed by atoms with Gasteiger partial charge in [-0.15, -0.1) is 0 Å². The fraction of sp³-hybridized carbons (Fsp3) is 0.345. The van der Waals surface area contributed by atoms with Crippen molar-refractivity contribution >= 4 is 11.7 Å². The van der Waals surface area contributed by atoms with Crippen LogP contribution in [0.4, 0.5) is 5.69 Å². The molecule has 1 radical (unpaired) electrons. The quantitative estimate of drug-likeness (QED) is 0.463. The molecular formula is C29H32NO4. The van der Waals surface area contributed by atoms with Crippen molar-refractivity contribution in [3.05, 3.63) is 88.5 Å². The summed E-state index contributed by atoms with van der Waals surface area (Å²) in [5.74, 6) is 1.05. The van der Waals surface area contributed by atoms with Crippen LogP contribution in [0.25, 0.3) is 0 Å². The first-order valence-corrected chi connectivity index (χ1v) is 11.8. The number of ether oxygens (including phenoxy) is 2. The van der Waals surface area contributed by atoms with Gasteiger partial charge in [-0.2, -0.15) is 0 Å². The zero-order chi connectivity index (χ0) is 24.1. The Kier molecular flexibility index (Phi) is 7.41. The molecule has 0 saturated carbocycles. The minimum Gasteiger partial charge on any atom is -0.493 e. The van der Waals surface area contributed by atoms with Crippen LogP contribution in [0.3, 0.4) is 0 Å². The normalized spacial score (nSPS) is 14.9. The molecule has 3 aromatic carbocycles. The maximum absolute atomic E-state index is 11.0. The van der Waals surface area contributed by atoms with E-state index in [1.54, 1.807) is 14.2 Å². The molecule has 34 heavy (non-hydrogen) atoms. The number of anilines is 1. The summed E-state index contributed by atoms with van der Waals surface area (Å²) in [6.45, 7) is 3.72. The lowest BCUT2D eigenvalue weighted by Gasteiger charge is -2.32. The summed E-state index contributed by atoms with van der Waals surface area (Å²) in [7, 11) is 3.36. The van der Waals surface area contributed by atoms with E-state index in [1.165, 1.54) is 16.7 Å². The topological polar surface area (TPSA) is 59.0 Å². The number of aryl methyl sites for hydroxylation is 1. The van der Waals surface area contributed by atoms with Gasteiger partial charge < -0.3 is 19.5 Å². The molecule has 0 aliphatic heterocycles. The maximum Gasteiger partial charge on any atom is 0.307 e. The van der Waals surface area contributed by atoms with Crippen molar-refractivity contribution in [3.63, 3.8) is 0 Å². The molecular weight excluding hydrogens is 426 g/mol. The molecule has 5 nitrogen and oxygen atoms in total. The number of methoxy groups -OCH3 is 2. The van der Waals surface area contributed by atoms with E-state index in [9.17, 15) is 4.79 Å². The molecule has 0 fully saturated rings. The molecule has 0 unspecified atom stereocenters. The Labute approximate surface area is 201 Å². The summed E-state index contributed by atoms with van der Waals surface area (Å²) in [5.41, 5.74) is 7.18. The van der Waals surface area contributed by atoms with Gasteiger partial charge in [0.05, 0.1) is 20.6 Å². The first-order valence-electron chi connectivity index (χ1n) is 11.8. The summed E-state index contributed by atoms with van der Waals surface area (Å²) in [6, 6.07) is 21.6. The third kappa shape index (κ3) is 5.19. The van der Waals surface area contributed by atoms with Crippen molar-refractivity contribution in [1.82, 2.24) is 0 Å². The van der Waals surface area contributed by atoms with E-state index in [4.69, 9.17) is 14.6 Å². The Morgan fingerprint density at radius 3 is 2.44 bits per heavy atom. The summed E-state index contributed by atoms with van der Waals surface area (Å²) < 4.78 is 11.3. The lowest BCUT2D eigenvalue weighted by Crippen LogP contribution is -2.25. The molecule has 0 saturated heterocycles. The number of benzene rings is 3. The largest absolute Gasteiger partial charge is 0.493 e. The number of hydrogen-bond acceptors (Lipinski definition) is 4. The zero-order valence-corrected chi connectivity index (χ0v) is 20.1. The van der Waals surface area contributed by atoms with E-state index in [1.807, 2.05) is 30.3 Å². The number of rotatable bonds is 9. The monoisotopic (exact) mass is 458 g/mol. The highest BCUT2D eigenvalue weighted by Gasteiger charge is 2.26. The third-order valence-electron chi connectivity index (χ3n) is 6.73. The number of carboxylic acids is 1. The molecule has 1 aliphatic rings. The fourth-order valence-corrected chi connectivity index (χ4v) is 4.90. The van der Waals surface area contributed by atoms with Crippen LogP contribution >= 0.6 is 0 Å². The van der Waals surface area contributed by atoms with Gasteiger partial charge in [-0.25, -0.2) is 0 Å². The van der Waals surface area contributed by atoms with Gasteiger partial charge in [-0.1, -0.05) is 42.5 Å². The molecule has 1 N–H and O–H groups in total. The Hall–Kier alpha value is -3.47. The molecule has 1 atom stereocenters. The lowest BCUT2D eigenvalue weighted by molar-refractivity contribution is -0.136. The second-order valence-corrected chi connectivity index (χ2v) is 8.80. The van der Waals surface area contributed by atoms with Crippen LogP contribution in [-0.2, 0) is 30.6 Å². The van der Waals surface area contributed by atoms with Crippen molar-refractivity contribution in [1.29, 1.82) is 0 Å². The number of nitrogens with zero attached hydrogens (tertiary/aromatic N) is 1. The smallest absolute Gasteiger partial charge is 0.307 e. The second kappa shape index (κ2) is 10.6. The molecule has 4 rings (SSSR count). The van der Waals surface area contributed by atoms with Crippen LogP contribution in [0.5, 0.6) is 11.5 Å². The fourth-order valence-electron chi connectivity index (χ4n) is 4.90. The molecule has 0 spiro atoms. The molecule has 177 valence electrons. The van der Waals surface area contributed by atoms with Gasteiger partial charge in [-0.3, -0.25) is 4.79 Å². The predicted octanol–water partition coefficient (Wildman–Crippen LogP) is 5.43. The Morgan fingerprint density at radius 1 is 1.06 bits per heavy atom. The standard InChI is InChI=1S/C29H32NO4/c1-4-30(19-21-11-9-20(10-12-21)15-29(31)32)26-18-28(34-3)27(33-2)17-25(26)24-14-13-22-7-5-6-8-23(22)16-24/h6-12,17-18,24H,4,13-16,19H2,1-3H3,(H,31,32)/t24-/m1/s1. The number of carboxylic acid groups (broad SMARTS) is 1. The van der Waals surface area contributed by atoms with Gasteiger partial charge in [-0.05, 0) is 72.1 Å². The summed E-state index contributed by atoms with van der Waals surface area (Å²) in [4.78, 5) is 13.4. The minimum atomic E-state index is -0.815. The number of aliphatic carboxylic acids is 1. The van der Waals surface area contributed by atoms with E-state index in [0.29, 0.717) is 5.92 Å². The van der Waals surface area contributed by atoms with Crippen molar-refractivity contribution in [2.75, 3.05) is 25.7 Å². The van der Waals surface area contributed by atoms with Gasteiger partial charge >= 0.3 is 5.97 Å². The van der Waals surface area contributed by atoms with E-state index in [-0.39, 0.29) is 6.42 Å². The number of fused-ring (bicyclic) bond motifs is 1. The van der Waals surface area contributed by atoms with Crippen LogP contribution in [-0.4, -0.2) is 31.8 Å². The van der Waals surface area contributed by atoms with Crippen LogP contribution in [0, 0.1) is 6.07 Å². The molecule has 0 amide bonds. The van der Waals surface area contributed by atoms with Crippen molar-refractivity contribution < 1.29 is 19.4 Å². The molecule has 3 aromatic rings. The van der Waals surface area contributed by atoms with Crippen molar-refractivity contribution in [3.8, 4) is 11.5 Å². The molecule has 0 heterocycles. The van der Waals surface area contributed by atoms with Crippen LogP contribution in [0.1, 0.15) is 47.1 Å². The Bertz CT molecular complexity index is 1140. The van der Waals surface area contributed by atoms with Gasteiger partial charge in [0.15, 0.2) is 11.5 Å². The summed E-state index contributed by atoms with van der Waals surface area (Å²) >= 11 is 0. The van der Waals surface area contributed by atoms with E-state index < -0.39 is 5.97 Å². The van der Waals surface area contributed by atoms with Gasteiger partial charge in [0.2, 0.25) is 0 Å². The van der Waals surface area contributed by atoms with E-state index >= 15 is 0 Å². The number of hydrogen-bond donors (Lipinski definition) is 1. The number of carbonyl (C=O) groups is 1. The highest BCUT2D eigenvalue weighted by molar-refractivity contribution is 5.70. The summed E-state index contributed by atoms with van der Waals surface area (Å²) in [5, 5.41) is 9.04. The first kappa shape index (κ1) is 23.7. The van der Waals surface area contributed by atoms with Crippen LogP contribution < -0.4 is 14.4 Å². The average Bonchev–Trinajstić information content (AvgIpc) is 2.86. The molecule has 0 bridgehead atoms. The lowest BCUT2D eigenvalue weighted by atomic mass is 9.79. The van der Waals surface area contributed by atoms with E-state index in [2.05, 4.69) is 42.2 Å². The van der Waals surface area contributed by atoms with Crippen molar-refractivity contribution in [2.24, 2.45) is 0 Å². The van der Waals surface area contributed by atoms with Crippen LogP contribution in [0.2, 0.25) is 0 Å². The molecule has 0 aromatic heterocycles. The minimum absolute atomic E-state index is 0.0402. The third-order valence-corrected chi connectivity index (χ3v) is 6.73. The highest BCUT2D eigenvalue weighted by Crippen LogP contribution is 2.43. The highest BCUT2D eigenvalue weighted by atomic mass is 16.5. The van der Waals surface area contributed by atoms with Gasteiger partial charge in [0.1, 0.15) is 0 Å². The SMILES string of the molecule is CCN(Cc1ccc(CC(=O)O)cc1)c1cc(OC)c(OC)cc1[C@@H]1CCc2c[c]ccc2C1. The van der Waals surface area contributed by atoms with E-state index in [0.717, 1.165) is 60.7 Å². The zero-order valence-electron chi connectivity index (χ0n) is 20.1. The van der Waals surface area contributed by atoms with Crippen molar-refractivity contribution in [2.45, 2.75) is 45.1 Å². The Morgan fingerprint density at radius 2 is 1.76 bits per heavy atom. The van der Waals surface area contributed by atoms with Gasteiger partial charge in [0.25, 0.3) is 0 Å². The maximum atomic E-state index is 11.0. The average molecular weight is 459 g/mol.